The van der Waals surface area contributed by atoms with Gasteiger partial charge in [-0.15, -0.1) is 0 Å². The first-order valence-corrected chi connectivity index (χ1v) is 8.50. The molecule has 1 amide bonds. The van der Waals surface area contributed by atoms with Crippen LogP contribution in [0.2, 0.25) is 0 Å². The molecule has 0 spiro atoms. The highest BCUT2D eigenvalue weighted by molar-refractivity contribution is 9.11. The summed E-state index contributed by atoms with van der Waals surface area (Å²) in [5.74, 6) is -0.472. The maximum absolute atomic E-state index is 12.2. The number of hydrogen-bond donors (Lipinski definition) is 2. The molecule has 0 saturated carbocycles. The second-order valence-electron chi connectivity index (χ2n) is 3.86. The minimum atomic E-state index is -0.390. The summed E-state index contributed by atoms with van der Waals surface area (Å²) in [7, 11) is 0. The van der Waals surface area contributed by atoms with Gasteiger partial charge in [-0.3, -0.25) is 4.79 Å². The molecule has 0 atom stereocenters. The third-order valence-corrected chi connectivity index (χ3v) is 4.65. The number of benzene rings is 2. The number of aromatic hydroxyl groups is 1. The summed E-state index contributed by atoms with van der Waals surface area (Å²) >= 11 is 13.4. The molecule has 0 aromatic heterocycles. The number of carbonyl (C=O) groups excluding carboxylic acids is 1. The van der Waals surface area contributed by atoms with E-state index in [9.17, 15) is 9.90 Å². The molecule has 0 saturated heterocycles. The molecule has 0 fully saturated rings. The SMILES string of the molecule is O=C(Nc1c(Br)cc(Br)cc1Br)c1ccc(Br)cc1O. The van der Waals surface area contributed by atoms with E-state index >= 15 is 0 Å². The van der Waals surface area contributed by atoms with E-state index in [2.05, 4.69) is 69.0 Å². The van der Waals surface area contributed by atoms with E-state index in [4.69, 9.17) is 0 Å². The van der Waals surface area contributed by atoms with E-state index in [-0.39, 0.29) is 11.3 Å². The maximum Gasteiger partial charge on any atom is 0.259 e. The third kappa shape index (κ3) is 3.63. The van der Waals surface area contributed by atoms with E-state index in [1.54, 1.807) is 12.1 Å². The Morgan fingerprint density at radius 3 is 2.10 bits per heavy atom. The van der Waals surface area contributed by atoms with Crippen molar-refractivity contribution in [1.82, 2.24) is 0 Å². The quantitative estimate of drug-likeness (QED) is 0.526. The number of hydrogen-bond acceptors (Lipinski definition) is 2. The predicted octanol–water partition coefficient (Wildman–Crippen LogP) is 5.69. The number of rotatable bonds is 2. The first-order valence-electron chi connectivity index (χ1n) is 5.33. The molecule has 2 aromatic carbocycles. The number of amides is 1. The fourth-order valence-corrected chi connectivity index (χ4v) is 4.35. The lowest BCUT2D eigenvalue weighted by atomic mass is 10.2. The minimum absolute atomic E-state index is 0.0822. The number of phenolic OH excluding ortho intramolecular Hbond substituents is 1. The van der Waals surface area contributed by atoms with Crippen molar-refractivity contribution in [2.75, 3.05) is 5.32 Å². The molecule has 7 heteroatoms. The van der Waals surface area contributed by atoms with Crippen LogP contribution in [0.1, 0.15) is 10.4 Å². The molecule has 2 rings (SSSR count). The Kier molecular flexibility index (Phi) is 5.28. The zero-order valence-corrected chi connectivity index (χ0v) is 16.1. The molecule has 104 valence electrons. The Morgan fingerprint density at radius 1 is 0.950 bits per heavy atom. The van der Waals surface area contributed by atoms with Gasteiger partial charge >= 0.3 is 0 Å². The molecule has 0 aliphatic heterocycles. The number of carbonyl (C=O) groups is 1. The molecule has 0 aliphatic rings. The first-order chi connectivity index (χ1) is 9.38. The van der Waals surface area contributed by atoms with Gasteiger partial charge in [0.15, 0.2) is 0 Å². The van der Waals surface area contributed by atoms with Crippen LogP contribution in [0, 0.1) is 0 Å². The monoisotopic (exact) mass is 525 g/mol. The van der Waals surface area contributed by atoms with Crippen molar-refractivity contribution in [2.24, 2.45) is 0 Å². The van der Waals surface area contributed by atoms with E-state index in [1.165, 1.54) is 6.07 Å². The summed E-state index contributed by atoms with van der Waals surface area (Å²) in [6.45, 7) is 0. The molecule has 0 aliphatic carbocycles. The van der Waals surface area contributed by atoms with Crippen LogP contribution < -0.4 is 5.32 Å². The highest BCUT2D eigenvalue weighted by atomic mass is 79.9. The molecular formula is C13H7Br4NO2. The van der Waals surface area contributed by atoms with Crippen LogP contribution in [-0.4, -0.2) is 11.0 Å². The molecule has 0 bridgehead atoms. The summed E-state index contributed by atoms with van der Waals surface area (Å²) in [5, 5.41) is 12.6. The topological polar surface area (TPSA) is 49.3 Å². The number of nitrogens with one attached hydrogen (secondary N) is 1. The van der Waals surface area contributed by atoms with Gasteiger partial charge in [-0.2, -0.15) is 0 Å². The molecule has 0 unspecified atom stereocenters. The van der Waals surface area contributed by atoms with Gasteiger partial charge in [0, 0.05) is 17.9 Å². The number of halogens is 4. The molecule has 0 heterocycles. The zero-order chi connectivity index (χ0) is 14.9. The molecule has 2 N–H and O–H groups in total. The summed E-state index contributed by atoms with van der Waals surface area (Å²) in [6, 6.07) is 8.36. The van der Waals surface area contributed by atoms with Crippen LogP contribution >= 0.6 is 63.7 Å². The Morgan fingerprint density at radius 2 is 1.55 bits per heavy atom. The summed E-state index contributed by atoms with van der Waals surface area (Å²) in [4.78, 5) is 12.2. The largest absolute Gasteiger partial charge is 0.507 e. The van der Waals surface area contributed by atoms with Crippen LogP contribution in [0.25, 0.3) is 0 Å². The van der Waals surface area contributed by atoms with Crippen LogP contribution in [0.5, 0.6) is 5.75 Å². The highest BCUT2D eigenvalue weighted by Gasteiger charge is 2.15. The Bertz CT molecular complexity index is 665. The van der Waals surface area contributed by atoms with Gasteiger partial charge < -0.3 is 10.4 Å². The first kappa shape index (κ1) is 16.0. The van der Waals surface area contributed by atoms with Crippen molar-refractivity contribution in [1.29, 1.82) is 0 Å². The van der Waals surface area contributed by atoms with Crippen LogP contribution in [0.3, 0.4) is 0 Å². The standard InChI is InChI=1S/C13H7Br4NO2/c14-6-1-2-8(11(19)5-6)13(20)18-12-9(16)3-7(15)4-10(12)17/h1-5,19H,(H,18,20). The van der Waals surface area contributed by atoms with Crippen LogP contribution in [-0.2, 0) is 0 Å². The fraction of sp³-hybridized carbons (Fsp3) is 0. The van der Waals surface area contributed by atoms with Crippen molar-refractivity contribution < 1.29 is 9.90 Å². The molecule has 3 nitrogen and oxygen atoms in total. The zero-order valence-electron chi connectivity index (χ0n) is 9.75. The maximum atomic E-state index is 12.2. The second-order valence-corrected chi connectivity index (χ2v) is 7.40. The van der Waals surface area contributed by atoms with E-state index in [1.807, 2.05) is 12.1 Å². The lowest BCUT2D eigenvalue weighted by molar-refractivity contribution is 0.102. The van der Waals surface area contributed by atoms with Crippen molar-refractivity contribution >= 4 is 75.3 Å². The van der Waals surface area contributed by atoms with Gasteiger partial charge in [0.25, 0.3) is 5.91 Å². The van der Waals surface area contributed by atoms with Crippen molar-refractivity contribution in [2.45, 2.75) is 0 Å². The number of anilines is 1. The Labute approximate surface area is 149 Å². The molecule has 20 heavy (non-hydrogen) atoms. The lowest BCUT2D eigenvalue weighted by Gasteiger charge is -2.11. The molecular weight excluding hydrogens is 522 g/mol. The van der Waals surface area contributed by atoms with Crippen molar-refractivity contribution in [3.8, 4) is 5.75 Å². The summed E-state index contributed by atoms with van der Waals surface area (Å²) in [5.41, 5.74) is 0.801. The summed E-state index contributed by atoms with van der Waals surface area (Å²) < 4.78 is 3.03. The Hall–Kier alpha value is -0.370. The van der Waals surface area contributed by atoms with Crippen molar-refractivity contribution in [3.63, 3.8) is 0 Å². The van der Waals surface area contributed by atoms with Gasteiger partial charge in [0.2, 0.25) is 0 Å². The van der Waals surface area contributed by atoms with E-state index in [0.717, 1.165) is 13.4 Å². The second kappa shape index (κ2) is 6.60. The summed E-state index contributed by atoms with van der Waals surface area (Å²) in [6.07, 6.45) is 0. The normalized spacial score (nSPS) is 10.4. The van der Waals surface area contributed by atoms with Crippen LogP contribution in [0.4, 0.5) is 5.69 Å². The lowest BCUT2D eigenvalue weighted by Crippen LogP contribution is -2.13. The third-order valence-electron chi connectivity index (χ3n) is 2.45. The molecule has 2 aromatic rings. The predicted molar refractivity (Wildman–Crippen MR) is 93.3 cm³/mol. The van der Waals surface area contributed by atoms with Crippen molar-refractivity contribution in [3.05, 3.63) is 53.8 Å². The van der Waals surface area contributed by atoms with Gasteiger partial charge in [-0.05, 0) is 62.2 Å². The van der Waals surface area contributed by atoms with E-state index in [0.29, 0.717) is 10.2 Å². The minimum Gasteiger partial charge on any atom is -0.507 e. The average molecular weight is 529 g/mol. The average Bonchev–Trinajstić information content (AvgIpc) is 2.33. The highest BCUT2D eigenvalue weighted by Crippen LogP contribution is 2.35. The fourth-order valence-electron chi connectivity index (χ4n) is 1.54. The van der Waals surface area contributed by atoms with Gasteiger partial charge in [-0.1, -0.05) is 31.9 Å². The van der Waals surface area contributed by atoms with E-state index < -0.39 is 5.91 Å². The smallest absolute Gasteiger partial charge is 0.259 e. The molecule has 0 radical (unpaired) electrons. The van der Waals surface area contributed by atoms with Gasteiger partial charge in [0.1, 0.15) is 5.75 Å². The van der Waals surface area contributed by atoms with Crippen LogP contribution in [0.15, 0.2) is 48.2 Å². The van der Waals surface area contributed by atoms with Gasteiger partial charge in [-0.25, -0.2) is 0 Å². The number of phenols is 1. The van der Waals surface area contributed by atoms with Gasteiger partial charge in [0.05, 0.1) is 11.3 Å². The Balaban J connectivity index is 2.33.